The molecule has 1 rings (SSSR count). The molecule has 0 spiro atoms. The Morgan fingerprint density at radius 2 is 1.94 bits per heavy atom. The first-order chi connectivity index (χ1) is 7.82. The number of nitrogens with zero attached hydrogens (tertiary/aromatic N) is 1. The monoisotopic (exact) mass is 238 g/mol. The molecule has 0 saturated heterocycles. The number of aromatic nitrogens is 2. The third kappa shape index (κ3) is 3.32. The molecule has 0 aliphatic heterocycles. The van der Waals surface area contributed by atoms with Gasteiger partial charge in [-0.05, 0) is 25.2 Å². The average molecular weight is 238 g/mol. The number of aryl methyl sites for hydroxylation is 1. The molecule has 17 heavy (non-hydrogen) atoms. The van der Waals surface area contributed by atoms with Gasteiger partial charge in [0.1, 0.15) is 11.7 Å². The highest BCUT2D eigenvalue weighted by Crippen LogP contribution is 2.24. The molecule has 0 radical (unpaired) electrons. The van der Waals surface area contributed by atoms with Crippen molar-refractivity contribution in [1.82, 2.24) is 9.97 Å². The molecule has 1 aromatic heterocycles. The Kier molecular flexibility index (Phi) is 4.32. The molecule has 4 heteroatoms. The second kappa shape index (κ2) is 5.34. The summed E-state index contributed by atoms with van der Waals surface area (Å²) in [5.74, 6) is -0.225. The summed E-state index contributed by atoms with van der Waals surface area (Å²) in [5, 5.41) is 9.22. The van der Waals surface area contributed by atoms with E-state index in [0.717, 1.165) is 17.8 Å². The molecule has 0 bridgehead atoms. The second-order valence-corrected chi connectivity index (χ2v) is 5.35. The maximum Gasteiger partial charge on any atom is 0.314 e. The number of hydrogen-bond acceptors (Lipinski definition) is 2. The SMILES string of the molecule is Cc1[nH]c(C(C(=O)O)C(C)C)nc1CC(C)C. The third-order valence-electron chi connectivity index (χ3n) is 2.83. The van der Waals surface area contributed by atoms with E-state index in [1.54, 1.807) is 0 Å². The smallest absolute Gasteiger partial charge is 0.314 e. The predicted octanol–water partition coefficient (Wildman–Crippen LogP) is 2.74. The number of rotatable bonds is 5. The fourth-order valence-electron chi connectivity index (χ4n) is 1.97. The topological polar surface area (TPSA) is 66.0 Å². The Bertz CT molecular complexity index is 394. The van der Waals surface area contributed by atoms with Crippen molar-refractivity contribution >= 4 is 5.97 Å². The Morgan fingerprint density at radius 3 is 2.35 bits per heavy atom. The minimum Gasteiger partial charge on any atom is -0.481 e. The van der Waals surface area contributed by atoms with Crippen LogP contribution in [-0.2, 0) is 11.2 Å². The molecule has 0 fully saturated rings. The summed E-state index contributed by atoms with van der Waals surface area (Å²) in [6.45, 7) is 10.0. The second-order valence-electron chi connectivity index (χ2n) is 5.35. The van der Waals surface area contributed by atoms with Crippen molar-refractivity contribution in [2.75, 3.05) is 0 Å². The number of nitrogens with one attached hydrogen (secondary N) is 1. The van der Waals surface area contributed by atoms with Crippen LogP contribution in [0.4, 0.5) is 0 Å². The molecule has 0 saturated carbocycles. The van der Waals surface area contributed by atoms with Crippen LogP contribution in [0.25, 0.3) is 0 Å². The fourth-order valence-corrected chi connectivity index (χ4v) is 1.97. The Balaban J connectivity index is 3.02. The van der Waals surface area contributed by atoms with Crippen LogP contribution in [0.3, 0.4) is 0 Å². The van der Waals surface area contributed by atoms with Gasteiger partial charge in [-0.15, -0.1) is 0 Å². The van der Waals surface area contributed by atoms with E-state index in [2.05, 4.69) is 23.8 Å². The van der Waals surface area contributed by atoms with E-state index in [-0.39, 0.29) is 5.92 Å². The molecule has 0 aliphatic carbocycles. The number of carbonyl (C=O) groups is 1. The molecule has 0 aromatic carbocycles. The molecule has 96 valence electrons. The molecule has 1 heterocycles. The Morgan fingerprint density at radius 1 is 1.35 bits per heavy atom. The normalized spacial score (nSPS) is 13.4. The summed E-state index contributed by atoms with van der Waals surface area (Å²) < 4.78 is 0. The summed E-state index contributed by atoms with van der Waals surface area (Å²) in [5.41, 5.74) is 1.97. The van der Waals surface area contributed by atoms with E-state index in [4.69, 9.17) is 0 Å². The van der Waals surface area contributed by atoms with Crippen LogP contribution in [0.1, 0.15) is 50.8 Å². The van der Waals surface area contributed by atoms with Crippen molar-refractivity contribution in [2.24, 2.45) is 11.8 Å². The maximum absolute atomic E-state index is 11.2. The van der Waals surface area contributed by atoms with Gasteiger partial charge in [0.05, 0.1) is 5.69 Å². The van der Waals surface area contributed by atoms with Crippen LogP contribution in [0, 0.1) is 18.8 Å². The van der Waals surface area contributed by atoms with Gasteiger partial charge >= 0.3 is 5.97 Å². The van der Waals surface area contributed by atoms with Gasteiger partial charge in [0.15, 0.2) is 0 Å². The molecule has 0 aliphatic rings. The predicted molar refractivity (Wildman–Crippen MR) is 67.1 cm³/mol. The number of carboxylic acid groups (broad SMARTS) is 1. The summed E-state index contributed by atoms with van der Waals surface area (Å²) in [6, 6.07) is 0. The number of aliphatic carboxylic acids is 1. The zero-order chi connectivity index (χ0) is 13.2. The quantitative estimate of drug-likeness (QED) is 0.829. The van der Waals surface area contributed by atoms with Crippen LogP contribution < -0.4 is 0 Å². The molecule has 0 amide bonds. The van der Waals surface area contributed by atoms with E-state index in [0.29, 0.717) is 11.7 Å². The largest absolute Gasteiger partial charge is 0.481 e. The first kappa shape index (κ1) is 13.7. The summed E-state index contributed by atoms with van der Waals surface area (Å²) in [6.07, 6.45) is 0.882. The van der Waals surface area contributed by atoms with E-state index in [9.17, 15) is 9.90 Å². The standard InChI is InChI=1S/C13H22N2O2/c1-7(2)6-10-9(5)14-12(15-10)11(8(3)4)13(16)17/h7-8,11H,6H2,1-5H3,(H,14,15)(H,16,17). The summed E-state index contributed by atoms with van der Waals surface area (Å²) >= 11 is 0. The van der Waals surface area contributed by atoms with Crippen molar-refractivity contribution in [3.8, 4) is 0 Å². The van der Waals surface area contributed by atoms with Gasteiger partial charge in [-0.3, -0.25) is 4.79 Å². The number of H-pyrrole nitrogens is 1. The summed E-state index contributed by atoms with van der Waals surface area (Å²) in [7, 11) is 0. The number of imidazole rings is 1. The minimum absolute atomic E-state index is 0.0324. The Labute approximate surface area is 102 Å². The molecule has 4 nitrogen and oxygen atoms in total. The average Bonchev–Trinajstić information content (AvgIpc) is 2.44. The van der Waals surface area contributed by atoms with Crippen molar-refractivity contribution < 1.29 is 9.90 Å². The number of carboxylic acids is 1. The van der Waals surface area contributed by atoms with Crippen LogP contribution in [0.5, 0.6) is 0 Å². The van der Waals surface area contributed by atoms with Gasteiger partial charge in [0.25, 0.3) is 0 Å². The summed E-state index contributed by atoms with van der Waals surface area (Å²) in [4.78, 5) is 18.8. The van der Waals surface area contributed by atoms with E-state index in [1.807, 2.05) is 20.8 Å². The lowest BCUT2D eigenvalue weighted by molar-refractivity contribution is -0.140. The van der Waals surface area contributed by atoms with E-state index >= 15 is 0 Å². The lowest BCUT2D eigenvalue weighted by atomic mass is 9.95. The molecule has 2 N–H and O–H groups in total. The van der Waals surface area contributed by atoms with Crippen LogP contribution in [-0.4, -0.2) is 21.0 Å². The highest BCUT2D eigenvalue weighted by molar-refractivity contribution is 5.75. The zero-order valence-corrected chi connectivity index (χ0v) is 11.2. The lowest BCUT2D eigenvalue weighted by Gasteiger charge is -2.13. The van der Waals surface area contributed by atoms with Crippen LogP contribution in [0.15, 0.2) is 0 Å². The third-order valence-corrected chi connectivity index (χ3v) is 2.83. The first-order valence-electron chi connectivity index (χ1n) is 6.11. The molecular formula is C13H22N2O2. The fraction of sp³-hybridized carbons (Fsp3) is 0.692. The lowest BCUT2D eigenvalue weighted by Crippen LogP contribution is -2.19. The maximum atomic E-state index is 11.2. The highest BCUT2D eigenvalue weighted by Gasteiger charge is 2.27. The molecule has 1 atom stereocenters. The van der Waals surface area contributed by atoms with Crippen LogP contribution >= 0.6 is 0 Å². The van der Waals surface area contributed by atoms with Gasteiger partial charge in [-0.25, -0.2) is 4.98 Å². The van der Waals surface area contributed by atoms with Crippen molar-refractivity contribution in [3.05, 3.63) is 17.2 Å². The Hall–Kier alpha value is -1.32. The number of aromatic amines is 1. The van der Waals surface area contributed by atoms with Gasteiger partial charge in [-0.1, -0.05) is 27.7 Å². The van der Waals surface area contributed by atoms with Gasteiger partial charge < -0.3 is 10.1 Å². The van der Waals surface area contributed by atoms with Gasteiger partial charge in [0.2, 0.25) is 0 Å². The van der Waals surface area contributed by atoms with Crippen molar-refractivity contribution in [1.29, 1.82) is 0 Å². The number of hydrogen-bond donors (Lipinski definition) is 2. The zero-order valence-electron chi connectivity index (χ0n) is 11.2. The minimum atomic E-state index is -0.815. The van der Waals surface area contributed by atoms with Crippen LogP contribution in [0.2, 0.25) is 0 Å². The first-order valence-corrected chi connectivity index (χ1v) is 6.11. The molecular weight excluding hydrogens is 216 g/mol. The molecule has 1 aromatic rings. The molecule has 1 unspecified atom stereocenters. The van der Waals surface area contributed by atoms with E-state index < -0.39 is 11.9 Å². The highest BCUT2D eigenvalue weighted by atomic mass is 16.4. The van der Waals surface area contributed by atoms with Gasteiger partial charge in [0, 0.05) is 5.69 Å². The van der Waals surface area contributed by atoms with Crippen molar-refractivity contribution in [3.63, 3.8) is 0 Å². The van der Waals surface area contributed by atoms with E-state index in [1.165, 1.54) is 0 Å². The van der Waals surface area contributed by atoms with Crippen molar-refractivity contribution in [2.45, 2.75) is 47.0 Å². The van der Waals surface area contributed by atoms with Gasteiger partial charge in [-0.2, -0.15) is 0 Å².